The van der Waals surface area contributed by atoms with E-state index in [2.05, 4.69) is 41.1 Å². The van der Waals surface area contributed by atoms with Crippen molar-refractivity contribution in [1.29, 1.82) is 5.26 Å². The van der Waals surface area contributed by atoms with E-state index in [9.17, 15) is 14.4 Å². The number of nitrogens with one attached hydrogen (secondary N) is 1. The highest BCUT2D eigenvalue weighted by Crippen LogP contribution is 2.29. The molecule has 6 rings (SSSR count). The van der Waals surface area contributed by atoms with Crippen LogP contribution in [0.3, 0.4) is 0 Å². The summed E-state index contributed by atoms with van der Waals surface area (Å²) in [5.74, 6) is 1.30. The molecule has 1 aromatic carbocycles. The van der Waals surface area contributed by atoms with Crippen LogP contribution in [-0.2, 0) is 9.53 Å². The van der Waals surface area contributed by atoms with E-state index in [1.54, 1.807) is 24.4 Å². The van der Waals surface area contributed by atoms with Gasteiger partial charge in [-0.05, 0) is 30.3 Å². The first kappa shape index (κ1) is 28.7. The summed E-state index contributed by atoms with van der Waals surface area (Å²) >= 11 is 0. The molecule has 5 heterocycles. The van der Waals surface area contributed by atoms with E-state index in [0.717, 1.165) is 50.9 Å². The number of ether oxygens (including phenoxy) is 2. The summed E-state index contributed by atoms with van der Waals surface area (Å²) in [5, 5.41) is 21.9. The minimum absolute atomic E-state index is 0.170. The average molecular weight is 590 g/mol. The number of rotatable bonds is 8. The smallest absolute Gasteiger partial charge is 0.248 e. The Hall–Kier alpha value is -4.45. The molecule has 14 heteroatoms. The Kier molecular flexibility index (Phi) is 8.55. The second-order valence-corrected chi connectivity index (χ2v) is 10.7. The lowest BCUT2D eigenvalue weighted by atomic mass is 10.0. The maximum Gasteiger partial charge on any atom is 0.248 e. The molecule has 2 aromatic heterocycles. The summed E-state index contributed by atoms with van der Waals surface area (Å²) in [6.07, 6.45) is 1.09. The number of nitrogens with zero attached hydrogens (tertiary/aromatic N) is 8. The molecule has 3 fully saturated rings. The first-order chi connectivity index (χ1) is 21.0. The number of piperidine rings is 1. The third-order valence-corrected chi connectivity index (χ3v) is 7.96. The lowest BCUT2D eigenvalue weighted by molar-refractivity contribution is -0.138. The molecule has 3 saturated heterocycles. The summed E-state index contributed by atoms with van der Waals surface area (Å²) in [7, 11) is 0. The first-order valence-corrected chi connectivity index (χ1v) is 14.2. The van der Waals surface area contributed by atoms with Crippen LogP contribution in [-0.4, -0.2) is 118 Å². The van der Waals surface area contributed by atoms with Crippen molar-refractivity contribution in [3.8, 4) is 23.2 Å². The van der Waals surface area contributed by atoms with Crippen LogP contribution >= 0.6 is 0 Å². The summed E-state index contributed by atoms with van der Waals surface area (Å²) < 4.78 is 25.9. The van der Waals surface area contributed by atoms with Crippen LogP contribution in [0, 0.1) is 11.3 Å². The third kappa shape index (κ3) is 6.48. The van der Waals surface area contributed by atoms with Gasteiger partial charge in [0.1, 0.15) is 36.7 Å². The van der Waals surface area contributed by atoms with E-state index in [4.69, 9.17) is 14.6 Å². The monoisotopic (exact) mass is 589 g/mol. The normalized spacial score (nSPS) is 21.1. The van der Waals surface area contributed by atoms with Gasteiger partial charge in [0.25, 0.3) is 0 Å². The Morgan fingerprint density at radius 2 is 1.98 bits per heavy atom. The van der Waals surface area contributed by atoms with E-state index < -0.39 is 24.8 Å². The molecule has 0 bridgehead atoms. The van der Waals surface area contributed by atoms with Crippen LogP contribution in [0.5, 0.6) is 5.75 Å². The van der Waals surface area contributed by atoms with E-state index in [1.807, 2.05) is 12.1 Å². The van der Waals surface area contributed by atoms with Crippen LogP contribution in [0.1, 0.15) is 12.0 Å². The number of aliphatic hydroxyl groups excluding tert-OH is 1. The highest BCUT2D eigenvalue weighted by molar-refractivity contribution is 5.77. The van der Waals surface area contributed by atoms with Gasteiger partial charge in [-0.3, -0.25) is 9.69 Å². The summed E-state index contributed by atoms with van der Waals surface area (Å²) in [5.41, 5.74) is 1.49. The number of carbonyl (C=O) groups is 1. The number of aromatic nitrogens is 4. The number of carbonyl (C=O) groups excluding carboxylic acids is 1. The summed E-state index contributed by atoms with van der Waals surface area (Å²) in [4.78, 5) is 35.3. The van der Waals surface area contributed by atoms with Gasteiger partial charge in [-0.2, -0.15) is 10.2 Å². The van der Waals surface area contributed by atoms with Crippen molar-refractivity contribution in [3.63, 3.8) is 0 Å². The fraction of sp³-hybridized carbons (Fsp3) is 0.448. The zero-order valence-corrected chi connectivity index (χ0v) is 23.5. The average Bonchev–Trinajstić information content (AvgIpc) is 3.02. The quantitative estimate of drug-likeness (QED) is 0.390. The van der Waals surface area contributed by atoms with Gasteiger partial charge >= 0.3 is 0 Å². The fourth-order valence-electron chi connectivity index (χ4n) is 5.39. The predicted octanol–water partition coefficient (Wildman–Crippen LogP) is 1.38. The maximum atomic E-state index is 14.7. The minimum Gasteiger partial charge on any atom is -0.486 e. The molecule has 43 heavy (non-hydrogen) atoms. The molecule has 0 spiro atoms. The van der Waals surface area contributed by atoms with Gasteiger partial charge in [0.05, 0.1) is 43.2 Å². The molecule has 1 amide bonds. The van der Waals surface area contributed by atoms with Crippen molar-refractivity contribution in [1.82, 2.24) is 29.7 Å². The molecule has 2 unspecified atom stereocenters. The van der Waals surface area contributed by atoms with Gasteiger partial charge in [0.15, 0.2) is 12.0 Å². The molecule has 3 aromatic rings. The summed E-state index contributed by atoms with van der Waals surface area (Å²) in [6, 6.07) is 11.4. The number of likely N-dealkylation sites (tertiary alicyclic amines) is 1. The molecule has 0 aliphatic carbocycles. The maximum absolute atomic E-state index is 14.7. The molecule has 3 aliphatic heterocycles. The van der Waals surface area contributed by atoms with Crippen molar-refractivity contribution < 1.29 is 23.8 Å². The van der Waals surface area contributed by atoms with E-state index >= 15 is 0 Å². The van der Waals surface area contributed by atoms with Gasteiger partial charge in [0.2, 0.25) is 11.9 Å². The molecule has 13 nitrogen and oxygen atoms in total. The van der Waals surface area contributed by atoms with Crippen molar-refractivity contribution in [2.45, 2.75) is 24.7 Å². The van der Waals surface area contributed by atoms with Gasteiger partial charge < -0.3 is 29.7 Å². The molecule has 2 atom stereocenters. The van der Waals surface area contributed by atoms with Crippen molar-refractivity contribution in [2.75, 3.05) is 69.3 Å². The first-order valence-electron chi connectivity index (χ1n) is 14.2. The zero-order chi connectivity index (χ0) is 29.8. The highest BCUT2D eigenvalue weighted by Gasteiger charge is 2.33. The van der Waals surface area contributed by atoms with Gasteiger partial charge in [-0.15, -0.1) is 0 Å². The van der Waals surface area contributed by atoms with Crippen molar-refractivity contribution in [2.24, 2.45) is 0 Å². The molecular weight excluding hydrogens is 557 g/mol. The molecular formula is C29H32FN9O4. The van der Waals surface area contributed by atoms with Crippen LogP contribution in [0.4, 0.5) is 21.8 Å². The lowest BCUT2D eigenvalue weighted by Crippen LogP contribution is -2.56. The molecule has 2 N–H and O–H groups in total. The SMILES string of the molecule is N#Cc1cc(-c2ncnc(Nc3ccc(N4CCN(C5COC5)CC4)nc3)n2)ccc1OC1CCN(C(=O)CO)CC1F. The number of aliphatic hydroxyl groups is 1. The Morgan fingerprint density at radius 1 is 1.14 bits per heavy atom. The number of amides is 1. The van der Waals surface area contributed by atoms with E-state index in [1.165, 1.54) is 11.2 Å². The Morgan fingerprint density at radius 3 is 2.65 bits per heavy atom. The standard InChI is InChI=1S/C29H32FN9O4/c30-23-14-39(27(41)15-40)6-5-25(23)43-24-3-1-19(11-20(24)12-31)28-33-18-34-29(36-28)35-21-2-4-26(32-13-21)38-9-7-37(8-10-38)22-16-42-17-22/h1-4,11,13,18,22-23,25,40H,5-10,14-17H2,(H,33,34,35,36). The number of hydrogen-bond donors (Lipinski definition) is 2. The van der Waals surface area contributed by atoms with Crippen molar-refractivity contribution in [3.05, 3.63) is 48.4 Å². The number of benzene rings is 1. The number of pyridine rings is 1. The summed E-state index contributed by atoms with van der Waals surface area (Å²) in [6.45, 7) is 4.91. The number of nitriles is 1. The minimum atomic E-state index is -1.45. The van der Waals surface area contributed by atoms with Gasteiger partial charge in [-0.25, -0.2) is 19.3 Å². The highest BCUT2D eigenvalue weighted by atomic mass is 19.1. The molecule has 224 valence electrons. The molecule has 3 aliphatic rings. The lowest BCUT2D eigenvalue weighted by Gasteiger charge is -2.42. The Labute approximate surface area is 247 Å². The van der Waals surface area contributed by atoms with Gasteiger partial charge in [0, 0.05) is 44.7 Å². The number of anilines is 3. The van der Waals surface area contributed by atoms with Crippen LogP contribution in [0.2, 0.25) is 0 Å². The van der Waals surface area contributed by atoms with Crippen LogP contribution in [0.25, 0.3) is 11.4 Å². The van der Waals surface area contributed by atoms with E-state index in [-0.39, 0.29) is 30.8 Å². The number of halogens is 1. The Balaban J connectivity index is 1.08. The second-order valence-electron chi connectivity index (χ2n) is 10.7. The van der Waals surface area contributed by atoms with Crippen molar-refractivity contribution >= 4 is 23.4 Å². The Bertz CT molecular complexity index is 1480. The third-order valence-electron chi connectivity index (χ3n) is 7.96. The van der Waals surface area contributed by atoms with Crippen LogP contribution < -0.4 is 15.0 Å². The molecule has 0 saturated carbocycles. The van der Waals surface area contributed by atoms with E-state index in [0.29, 0.717) is 23.4 Å². The molecule has 0 radical (unpaired) electrons. The van der Waals surface area contributed by atoms with Gasteiger partial charge in [-0.1, -0.05) is 0 Å². The fourth-order valence-corrected chi connectivity index (χ4v) is 5.39. The number of alkyl halides is 1. The second kappa shape index (κ2) is 12.8. The predicted molar refractivity (Wildman–Crippen MR) is 153 cm³/mol. The van der Waals surface area contributed by atoms with Crippen LogP contribution in [0.15, 0.2) is 42.9 Å². The zero-order valence-electron chi connectivity index (χ0n) is 23.5. The number of piperazine rings is 1. The largest absolute Gasteiger partial charge is 0.486 e. The topological polar surface area (TPSA) is 153 Å². The number of hydrogen-bond acceptors (Lipinski definition) is 12.